The molecule has 0 fully saturated rings. The molecule has 0 aromatic carbocycles. The van der Waals surface area contributed by atoms with E-state index >= 15 is 0 Å². The van der Waals surface area contributed by atoms with Crippen LogP contribution in [0.3, 0.4) is 0 Å². The molecule has 2 aromatic heterocycles. The molecule has 17 heavy (non-hydrogen) atoms. The summed E-state index contributed by atoms with van der Waals surface area (Å²) in [6, 6.07) is 4.37. The monoisotopic (exact) mass is 230 g/mol. The number of nitrogens with zero attached hydrogens (tertiary/aromatic N) is 3. The van der Waals surface area contributed by atoms with Gasteiger partial charge in [0.25, 0.3) is 0 Å². The molecule has 0 saturated heterocycles. The van der Waals surface area contributed by atoms with Gasteiger partial charge in [0.05, 0.1) is 17.9 Å². The Morgan fingerprint density at radius 3 is 2.88 bits per heavy atom. The predicted molar refractivity (Wildman–Crippen MR) is 67.7 cm³/mol. The van der Waals surface area contributed by atoms with E-state index in [4.69, 9.17) is 0 Å². The number of aromatic nitrogens is 3. The molecule has 4 heteroatoms. The minimum atomic E-state index is 0.235. The van der Waals surface area contributed by atoms with Crippen molar-refractivity contribution in [3.8, 4) is 0 Å². The third-order valence-corrected chi connectivity index (χ3v) is 2.84. The molecule has 2 aromatic rings. The van der Waals surface area contributed by atoms with Gasteiger partial charge in [0.1, 0.15) is 0 Å². The molecular weight excluding hydrogens is 212 g/mol. The number of rotatable bonds is 4. The van der Waals surface area contributed by atoms with Gasteiger partial charge in [-0.1, -0.05) is 0 Å². The molecule has 1 N–H and O–H groups in total. The first-order valence-corrected chi connectivity index (χ1v) is 5.76. The van der Waals surface area contributed by atoms with Gasteiger partial charge in [0, 0.05) is 19.4 Å². The maximum absolute atomic E-state index is 4.42. The van der Waals surface area contributed by atoms with Crippen molar-refractivity contribution in [1.82, 2.24) is 20.1 Å². The van der Waals surface area contributed by atoms with Crippen molar-refractivity contribution >= 4 is 0 Å². The number of aryl methyl sites for hydroxylation is 2. The predicted octanol–water partition coefficient (Wildman–Crippen LogP) is 1.63. The van der Waals surface area contributed by atoms with Crippen molar-refractivity contribution in [2.45, 2.75) is 19.4 Å². The summed E-state index contributed by atoms with van der Waals surface area (Å²) in [5.41, 5.74) is 3.54. The van der Waals surface area contributed by atoms with Crippen LogP contribution in [0.1, 0.15) is 22.9 Å². The normalized spacial score (nSPS) is 12.6. The largest absolute Gasteiger partial charge is 0.311 e. The van der Waals surface area contributed by atoms with E-state index in [1.807, 2.05) is 43.4 Å². The van der Waals surface area contributed by atoms with Crippen LogP contribution in [0, 0.1) is 6.92 Å². The highest BCUT2D eigenvalue weighted by Gasteiger charge is 2.12. The van der Waals surface area contributed by atoms with E-state index in [9.17, 15) is 0 Å². The standard InChI is InChI=1S/C13H18N4/c1-10-4-5-15-13(6-10)12(14-2)7-11-8-16-17(3)9-11/h4-6,8-9,12,14H,7H2,1-3H3. The van der Waals surface area contributed by atoms with Crippen LogP contribution in [-0.2, 0) is 13.5 Å². The molecule has 90 valence electrons. The summed E-state index contributed by atoms with van der Waals surface area (Å²) < 4.78 is 1.83. The van der Waals surface area contributed by atoms with Crippen molar-refractivity contribution in [3.05, 3.63) is 47.5 Å². The summed E-state index contributed by atoms with van der Waals surface area (Å²) >= 11 is 0. The number of hydrogen-bond donors (Lipinski definition) is 1. The van der Waals surface area contributed by atoms with Crippen LogP contribution in [-0.4, -0.2) is 21.8 Å². The van der Waals surface area contributed by atoms with Crippen LogP contribution in [0.2, 0.25) is 0 Å². The second-order valence-electron chi connectivity index (χ2n) is 4.33. The fraction of sp³-hybridized carbons (Fsp3) is 0.385. The Hall–Kier alpha value is -1.68. The first kappa shape index (κ1) is 11.8. The minimum Gasteiger partial charge on any atom is -0.311 e. The van der Waals surface area contributed by atoms with E-state index in [0.29, 0.717) is 0 Å². The van der Waals surface area contributed by atoms with Crippen LogP contribution in [0.15, 0.2) is 30.7 Å². The second kappa shape index (κ2) is 5.10. The molecule has 0 saturated carbocycles. The molecule has 1 unspecified atom stereocenters. The number of nitrogens with one attached hydrogen (secondary N) is 1. The molecular formula is C13H18N4. The lowest BCUT2D eigenvalue weighted by molar-refractivity contribution is 0.575. The van der Waals surface area contributed by atoms with Crippen LogP contribution in [0.5, 0.6) is 0 Å². The van der Waals surface area contributed by atoms with Crippen molar-refractivity contribution in [2.75, 3.05) is 7.05 Å². The molecule has 0 spiro atoms. The molecule has 2 heterocycles. The van der Waals surface area contributed by atoms with Gasteiger partial charge >= 0.3 is 0 Å². The third kappa shape index (κ3) is 2.91. The molecule has 0 aliphatic carbocycles. The van der Waals surface area contributed by atoms with Gasteiger partial charge in [-0.3, -0.25) is 9.67 Å². The molecule has 4 nitrogen and oxygen atoms in total. The van der Waals surface area contributed by atoms with Crippen molar-refractivity contribution in [2.24, 2.45) is 7.05 Å². The Morgan fingerprint density at radius 1 is 1.47 bits per heavy atom. The average Bonchev–Trinajstić information content (AvgIpc) is 2.72. The zero-order valence-corrected chi connectivity index (χ0v) is 10.5. The highest BCUT2D eigenvalue weighted by atomic mass is 15.2. The summed E-state index contributed by atoms with van der Waals surface area (Å²) in [6.07, 6.45) is 6.71. The molecule has 0 radical (unpaired) electrons. The van der Waals surface area contributed by atoms with Gasteiger partial charge in [-0.15, -0.1) is 0 Å². The van der Waals surface area contributed by atoms with E-state index in [-0.39, 0.29) is 6.04 Å². The van der Waals surface area contributed by atoms with Crippen LogP contribution in [0.4, 0.5) is 0 Å². The van der Waals surface area contributed by atoms with Crippen LogP contribution >= 0.6 is 0 Å². The highest BCUT2D eigenvalue weighted by Crippen LogP contribution is 2.16. The van der Waals surface area contributed by atoms with Gasteiger partial charge in [0.15, 0.2) is 0 Å². The zero-order chi connectivity index (χ0) is 12.3. The summed E-state index contributed by atoms with van der Waals surface area (Å²) in [7, 11) is 3.90. The maximum Gasteiger partial charge on any atom is 0.0579 e. The fourth-order valence-corrected chi connectivity index (χ4v) is 1.92. The van der Waals surface area contributed by atoms with E-state index in [0.717, 1.165) is 12.1 Å². The van der Waals surface area contributed by atoms with Crippen LogP contribution in [0.25, 0.3) is 0 Å². The number of likely N-dealkylation sites (N-methyl/N-ethyl adjacent to an activating group) is 1. The Labute approximate surface area is 102 Å². The smallest absolute Gasteiger partial charge is 0.0579 e. The first-order chi connectivity index (χ1) is 8.19. The quantitative estimate of drug-likeness (QED) is 0.868. The third-order valence-electron chi connectivity index (χ3n) is 2.84. The van der Waals surface area contributed by atoms with E-state index in [1.54, 1.807) is 0 Å². The van der Waals surface area contributed by atoms with E-state index in [1.165, 1.54) is 11.1 Å². The van der Waals surface area contributed by atoms with Gasteiger partial charge in [-0.25, -0.2) is 0 Å². The van der Waals surface area contributed by atoms with Gasteiger partial charge in [-0.2, -0.15) is 5.10 Å². The SMILES string of the molecule is CNC(Cc1cnn(C)c1)c1cc(C)ccn1. The second-order valence-corrected chi connectivity index (χ2v) is 4.33. The van der Waals surface area contributed by atoms with Crippen LogP contribution < -0.4 is 5.32 Å². The molecule has 0 aliphatic rings. The van der Waals surface area contributed by atoms with Gasteiger partial charge in [-0.05, 0) is 43.7 Å². The van der Waals surface area contributed by atoms with Crippen molar-refractivity contribution < 1.29 is 0 Å². The zero-order valence-electron chi connectivity index (χ0n) is 10.5. The summed E-state index contributed by atoms with van der Waals surface area (Å²) in [5.74, 6) is 0. The average molecular weight is 230 g/mol. The van der Waals surface area contributed by atoms with E-state index < -0.39 is 0 Å². The Morgan fingerprint density at radius 2 is 2.29 bits per heavy atom. The maximum atomic E-state index is 4.42. The Kier molecular flexibility index (Phi) is 3.54. The number of hydrogen-bond acceptors (Lipinski definition) is 3. The minimum absolute atomic E-state index is 0.235. The molecule has 0 aliphatic heterocycles. The van der Waals surface area contributed by atoms with Crippen molar-refractivity contribution in [1.29, 1.82) is 0 Å². The van der Waals surface area contributed by atoms with Crippen molar-refractivity contribution in [3.63, 3.8) is 0 Å². The summed E-state index contributed by atoms with van der Waals surface area (Å²) in [5, 5.41) is 7.49. The lowest BCUT2D eigenvalue weighted by Crippen LogP contribution is -2.19. The molecule has 0 bridgehead atoms. The summed E-state index contributed by atoms with van der Waals surface area (Å²) in [6.45, 7) is 2.09. The van der Waals surface area contributed by atoms with E-state index in [2.05, 4.69) is 28.4 Å². The topological polar surface area (TPSA) is 42.7 Å². The summed E-state index contributed by atoms with van der Waals surface area (Å²) in [4.78, 5) is 4.42. The molecule has 0 amide bonds. The first-order valence-electron chi connectivity index (χ1n) is 5.76. The Bertz CT molecular complexity index is 490. The van der Waals surface area contributed by atoms with Gasteiger partial charge < -0.3 is 5.32 Å². The molecule has 2 rings (SSSR count). The lowest BCUT2D eigenvalue weighted by Gasteiger charge is -2.15. The lowest BCUT2D eigenvalue weighted by atomic mass is 10.0. The Balaban J connectivity index is 2.16. The van der Waals surface area contributed by atoms with Gasteiger partial charge in [0.2, 0.25) is 0 Å². The fourth-order valence-electron chi connectivity index (χ4n) is 1.92. The molecule has 1 atom stereocenters. The number of pyridine rings is 1. The highest BCUT2D eigenvalue weighted by molar-refractivity contribution is 5.19.